The van der Waals surface area contributed by atoms with Crippen molar-refractivity contribution < 1.29 is 18.7 Å². The normalized spacial score (nSPS) is 30.2. The average Bonchev–Trinajstić information content (AvgIpc) is 3.12. The molecule has 8 heteroatoms. The summed E-state index contributed by atoms with van der Waals surface area (Å²) >= 11 is 0. The third kappa shape index (κ3) is 2.55. The molecule has 2 aliphatic carbocycles. The van der Waals surface area contributed by atoms with Crippen molar-refractivity contribution >= 4 is 22.6 Å². The Hall–Kier alpha value is -2.74. The number of aryl methyl sites for hydroxylation is 1. The standard InChI is InChI=1S/C21H21F2N3O3/c1-10-17-12(19(27)13(20(28)29)8-26(17)16-6-14(16)22)5-15(23)18(10)25-7-11-3-2-4-21(11,24)9-25/h2,4-5,8,11,14,16H,3,6-7,9,24H2,1H3,(H,28,29)/t11-,14+,16-,21-/m1/s1. The molecular weight excluding hydrogens is 380 g/mol. The maximum Gasteiger partial charge on any atom is 0.341 e. The number of fused-ring (bicyclic) bond motifs is 2. The minimum absolute atomic E-state index is 0.0375. The molecule has 0 spiro atoms. The molecule has 29 heavy (non-hydrogen) atoms. The van der Waals surface area contributed by atoms with E-state index in [4.69, 9.17) is 5.73 Å². The summed E-state index contributed by atoms with van der Waals surface area (Å²) in [5, 5.41) is 9.34. The van der Waals surface area contributed by atoms with Crippen molar-refractivity contribution in [1.82, 2.24) is 4.57 Å². The van der Waals surface area contributed by atoms with E-state index in [9.17, 15) is 19.1 Å². The van der Waals surface area contributed by atoms with Crippen LogP contribution >= 0.6 is 0 Å². The molecule has 1 aliphatic heterocycles. The Balaban J connectivity index is 1.74. The van der Waals surface area contributed by atoms with Gasteiger partial charge in [-0.15, -0.1) is 0 Å². The number of hydrogen-bond acceptors (Lipinski definition) is 4. The van der Waals surface area contributed by atoms with E-state index < -0.39 is 40.5 Å². The third-order valence-electron chi connectivity index (χ3n) is 6.58. The summed E-state index contributed by atoms with van der Waals surface area (Å²) in [7, 11) is 0. The quantitative estimate of drug-likeness (QED) is 0.772. The molecule has 152 valence electrons. The van der Waals surface area contributed by atoms with E-state index >= 15 is 4.39 Å². The third-order valence-corrected chi connectivity index (χ3v) is 6.58. The zero-order valence-corrected chi connectivity index (χ0v) is 15.9. The molecule has 1 saturated heterocycles. The molecule has 1 aromatic heterocycles. The molecule has 0 bridgehead atoms. The summed E-state index contributed by atoms with van der Waals surface area (Å²) in [5.74, 6) is -1.82. The second-order valence-corrected chi connectivity index (χ2v) is 8.46. The van der Waals surface area contributed by atoms with Gasteiger partial charge in [0.15, 0.2) is 0 Å². The fourth-order valence-corrected chi connectivity index (χ4v) is 4.98. The van der Waals surface area contributed by atoms with Crippen LogP contribution < -0.4 is 16.1 Å². The molecule has 0 unspecified atom stereocenters. The number of aromatic nitrogens is 1. The van der Waals surface area contributed by atoms with E-state index in [1.54, 1.807) is 6.92 Å². The van der Waals surface area contributed by atoms with E-state index in [0.29, 0.717) is 29.9 Å². The van der Waals surface area contributed by atoms with Gasteiger partial charge in [0.2, 0.25) is 5.43 Å². The van der Waals surface area contributed by atoms with Crippen molar-refractivity contribution in [2.75, 3.05) is 18.0 Å². The fourth-order valence-electron chi connectivity index (χ4n) is 4.98. The van der Waals surface area contributed by atoms with Crippen LogP contribution in [0.15, 0.2) is 29.2 Å². The van der Waals surface area contributed by atoms with Crippen molar-refractivity contribution in [3.8, 4) is 0 Å². The van der Waals surface area contributed by atoms with Crippen LogP contribution in [0.4, 0.5) is 14.5 Å². The van der Waals surface area contributed by atoms with Crippen molar-refractivity contribution in [2.45, 2.75) is 37.5 Å². The van der Waals surface area contributed by atoms with Gasteiger partial charge < -0.3 is 20.3 Å². The lowest BCUT2D eigenvalue weighted by molar-refractivity contribution is 0.0694. The Kier molecular flexibility index (Phi) is 3.71. The minimum atomic E-state index is -1.41. The average molecular weight is 401 g/mol. The van der Waals surface area contributed by atoms with Crippen LogP contribution in [0.5, 0.6) is 0 Å². The first-order valence-electron chi connectivity index (χ1n) is 9.68. The van der Waals surface area contributed by atoms with Crippen molar-refractivity contribution in [2.24, 2.45) is 11.7 Å². The van der Waals surface area contributed by atoms with Gasteiger partial charge in [0.1, 0.15) is 17.6 Å². The number of nitrogens with two attached hydrogens (primary N) is 1. The van der Waals surface area contributed by atoms with Crippen molar-refractivity contribution in [1.29, 1.82) is 0 Å². The lowest BCUT2D eigenvalue weighted by Crippen LogP contribution is -2.43. The SMILES string of the molecule is Cc1c(N2C[C@H]3CC=C[C@@]3(N)C2)c(F)cc2c(=O)c(C(=O)O)cn([C@@H]3C[C@@H]3F)c12. The number of hydrogen-bond donors (Lipinski definition) is 2. The smallest absolute Gasteiger partial charge is 0.341 e. The predicted octanol–water partition coefficient (Wildman–Crippen LogP) is 2.52. The fraction of sp³-hybridized carbons (Fsp3) is 0.429. The first kappa shape index (κ1) is 18.3. The highest BCUT2D eigenvalue weighted by atomic mass is 19.1. The number of pyridine rings is 1. The molecular formula is C21H21F2N3O3. The lowest BCUT2D eigenvalue weighted by Gasteiger charge is -2.26. The number of alkyl halides is 1. The molecule has 4 atom stereocenters. The highest BCUT2D eigenvalue weighted by Crippen LogP contribution is 2.44. The maximum atomic E-state index is 15.2. The van der Waals surface area contributed by atoms with Gasteiger partial charge in [-0.1, -0.05) is 12.2 Å². The van der Waals surface area contributed by atoms with E-state index in [0.717, 1.165) is 12.5 Å². The molecule has 3 aliphatic rings. The molecule has 0 amide bonds. The van der Waals surface area contributed by atoms with Gasteiger partial charge in [-0.25, -0.2) is 13.6 Å². The van der Waals surface area contributed by atoms with Crippen molar-refractivity contribution in [3.05, 3.63) is 51.6 Å². The van der Waals surface area contributed by atoms with Gasteiger partial charge in [-0.3, -0.25) is 4.79 Å². The first-order chi connectivity index (χ1) is 13.7. The van der Waals surface area contributed by atoms with Crippen LogP contribution in [0.2, 0.25) is 0 Å². The molecule has 5 rings (SSSR count). The molecule has 6 nitrogen and oxygen atoms in total. The number of carbonyl (C=O) groups is 1. The van der Waals surface area contributed by atoms with Gasteiger partial charge in [-0.2, -0.15) is 0 Å². The zero-order valence-electron chi connectivity index (χ0n) is 15.9. The van der Waals surface area contributed by atoms with E-state index in [-0.39, 0.29) is 17.7 Å². The lowest BCUT2D eigenvalue weighted by atomic mass is 9.92. The van der Waals surface area contributed by atoms with Crippen LogP contribution in [-0.4, -0.2) is 40.4 Å². The number of benzene rings is 1. The number of nitrogens with zero attached hydrogens (tertiary/aromatic N) is 2. The van der Waals surface area contributed by atoms with E-state index in [1.807, 2.05) is 17.1 Å². The Morgan fingerprint density at radius 3 is 2.76 bits per heavy atom. The van der Waals surface area contributed by atoms with Gasteiger partial charge in [0.05, 0.1) is 22.8 Å². The van der Waals surface area contributed by atoms with E-state index in [2.05, 4.69) is 0 Å². The number of rotatable bonds is 3. The number of carboxylic acids is 1. The molecule has 3 N–H and O–H groups in total. The molecule has 2 aromatic rings. The van der Waals surface area contributed by atoms with E-state index in [1.165, 1.54) is 10.8 Å². The number of aromatic carboxylic acids is 1. The summed E-state index contributed by atoms with van der Waals surface area (Å²) < 4.78 is 30.6. The van der Waals surface area contributed by atoms with Gasteiger partial charge >= 0.3 is 5.97 Å². The summed E-state index contributed by atoms with van der Waals surface area (Å²) in [6.45, 7) is 2.73. The first-order valence-corrected chi connectivity index (χ1v) is 9.68. The predicted molar refractivity (Wildman–Crippen MR) is 105 cm³/mol. The summed E-state index contributed by atoms with van der Waals surface area (Å²) in [4.78, 5) is 26.1. The monoisotopic (exact) mass is 401 g/mol. The van der Waals surface area contributed by atoms with Gasteiger partial charge in [0.25, 0.3) is 0 Å². The summed E-state index contributed by atoms with van der Waals surface area (Å²) in [5.41, 5.74) is 5.95. The minimum Gasteiger partial charge on any atom is -0.477 e. The number of carboxylic acid groups (broad SMARTS) is 1. The second kappa shape index (κ2) is 5.89. The molecule has 2 fully saturated rings. The molecule has 1 aromatic carbocycles. The maximum absolute atomic E-state index is 15.2. The number of anilines is 1. The van der Waals surface area contributed by atoms with Crippen LogP contribution in [0.1, 0.15) is 34.8 Å². The molecule has 1 saturated carbocycles. The Morgan fingerprint density at radius 1 is 1.41 bits per heavy atom. The second-order valence-electron chi connectivity index (χ2n) is 8.46. The molecule has 2 heterocycles. The Labute approximate surface area is 165 Å². The van der Waals surface area contributed by atoms with Crippen molar-refractivity contribution in [3.63, 3.8) is 0 Å². The topological polar surface area (TPSA) is 88.6 Å². The largest absolute Gasteiger partial charge is 0.477 e. The molecule has 0 radical (unpaired) electrons. The van der Waals surface area contributed by atoms with Crippen LogP contribution in [-0.2, 0) is 0 Å². The van der Waals surface area contributed by atoms with Crippen LogP contribution in [0.3, 0.4) is 0 Å². The van der Waals surface area contributed by atoms with Crippen LogP contribution in [0.25, 0.3) is 10.9 Å². The zero-order chi connectivity index (χ0) is 20.7. The highest BCUT2D eigenvalue weighted by Gasteiger charge is 2.45. The van der Waals surface area contributed by atoms with Crippen LogP contribution in [0, 0.1) is 18.7 Å². The highest BCUT2D eigenvalue weighted by molar-refractivity contribution is 5.95. The van der Waals surface area contributed by atoms with Gasteiger partial charge in [0, 0.05) is 37.0 Å². The summed E-state index contributed by atoms with van der Waals surface area (Å²) in [6.07, 6.45) is 5.17. The number of halogens is 2. The summed E-state index contributed by atoms with van der Waals surface area (Å²) in [6, 6.07) is 0.543. The number of allylic oxidation sites excluding steroid dienone is 1. The van der Waals surface area contributed by atoms with Gasteiger partial charge in [-0.05, 0) is 25.0 Å². The Morgan fingerprint density at radius 2 is 2.14 bits per heavy atom. The Bertz CT molecular complexity index is 1160.